The maximum atomic E-state index is 12.4. The number of aromatic nitrogens is 2. The highest BCUT2D eigenvalue weighted by molar-refractivity contribution is 6.33. The Hall–Kier alpha value is -3.12. The molecule has 138 valence electrons. The minimum Gasteiger partial charge on any atom is -0.496 e. The molecule has 3 rings (SSSR count). The van der Waals surface area contributed by atoms with Gasteiger partial charge in [0.1, 0.15) is 23.6 Å². The van der Waals surface area contributed by atoms with E-state index in [1.807, 2.05) is 42.5 Å². The minimum atomic E-state index is -0.269. The quantitative estimate of drug-likeness (QED) is 0.649. The second-order valence-corrected chi connectivity index (χ2v) is 6.12. The van der Waals surface area contributed by atoms with Crippen molar-refractivity contribution in [2.45, 2.75) is 6.42 Å². The molecule has 1 aromatic heterocycles. The van der Waals surface area contributed by atoms with Gasteiger partial charge in [-0.15, -0.1) is 0 Å². The number of carbonyl (C=O) groups excluding carboxylic acids is 1. The molecule has 0 saturated carbocycles. The van der Waals surface area contributed by atoms with Gasteiger partial charge < -0.3 is 15.4 Å². The molecule has 0 aliphatic rings. The van der Waals surface area contributed by atoms with Gasteiger partial charge in [0, 0.05) is 12.6 Å². The molecular weight excluding hydrogens is 364 g/mol. The summed E-state index contributed by atoms with van der Waals surface area (Å²) >= 11 is 6.13. The van der Waals surface area contributed by atoms with Crippen LogP contribution in [0.15, 0.2) is 60.9 Å². The Morgan fingerprint density at radius 2 is 1.89 bits per heavy atom. The van der Waals surface area contributed by atoms with Crippen molar-refractivity contribution >= 4 is 29.0 Å². The first-order valence-electron chi connectivity index (χ1n) is 8.41. The fourth-order valence-corrected chi connectivity index (χ4v) is 2.74. The van der Waals surface area contributed by atoms with Crippen LogP contribution in [-0.2, 0) is 6.42 Å². The molecule has 1 amide bonds. The van der Waals surface area contributed by atoms with Crippen LogP contribution in [0.25, 0.3) is 0 Å². The predicted molar refractivity (Wildman–Crippen MR) is 106 cm³/mol. The average molecular weight is 383 g/mol. The highest BCUT2D eigenvalue weighted by Crippen LogP contribution is 2.23. The van der Waals surface area contributed by atoms with Crippen LogP contribution >= 0.6 is 11.6 Å². The summed E-state index contributed by atoms with van der Waals surface area (Å²) in [5.41, 5.74) is 2.02. The third-order valence-corrected chi connectivity index (χ3v) is 4.24. The first kappa shape index (κ1) is 18.7. The van der Waals surface area contributed by atoms with E-state index in [1.54, 1.807) is 19.2 Å². The zero-order valence-corrected chi connectivity index (χ0v) is 15.5. The lowest BCUT2D eigenvalue weighted by atomic mass is 10.1. The molecule has 0 fully saturated rings. The number of nitrogens with zero attached hydrogens (tertiary/aromatic N) is 2. The Bertz CT molecular complexity index is 933. The molecule has 3 aromatic rings. The molecule has 0 saturated heterocycles. The van der Waals surface area contributed by atoms with Crippen molar-refractivity contribution in [3.05, 3.63) is 77.2 Å². The molecule has 1 heterocycles. The van der Waals surface area contributed by atoms with Crippen LogP contribution < -0.4 is 15.4 Å². The number of nitrogens with one attached hydrogen (secondary N) is 2. The van der Waals surface area contributed by atoms with E-state index in [1.165, 1.54) is 6.33 Å². The van der Waals surface area contributed by atoms with E-state index in [0.717, 1.165) is 11.3 Å². The lowest BCUT2D eigenvalue weighted by molar-refractivity contribution is 0.0949. The van der Waals surface area contributed by atoms with Crippen molar-refractivity contribution in [3.63, 3.8) is 0 Å². The standard InChI is InChI=1S/C20H19ClN4O2/c1-27-18-9-5-2-6-14(18)10-11-22-20(26)17-12-19(24-13-23-17)25-16-8-4-3-7-15(16)21/h2-9,12-13H,10-11H2,1H3,(H,22,26)(H,23,24,25). The van der Waals surface area contributed by atoms with Crippen LogP contribution in [0.4, 0.5) is 11.5 Å². The maximum absolute atomic E-state index is 12.4. The molecule has 2 N–H and O–H groups in total. The van der Waals surface area contributed by atoms with Crippen molar-refractivity contribution < 1.29 is 9.53 Å². The molecule has 6 nitrogen and oxygen atoms in total. The summed E-state index contributed by atoms with van der Waals surface area (Å²) in [4.78, 5) is 20.5. The van der Waals surface area contributed by atoms with E-state index in [0.29, 0.717) is 29.5 Å². The molecule has 0 aliphatic heterocycles. The highest BCUT2D eigenvalue weighted by atomic mass is 35.5. The summed E-state index contributed by atoms with van der Waals surface area (Å²) in [6, 6.07) is 16.6. The largest absolute Gasteiger partial charge is 0.496 e. The summed E-state index contributed by atoms with van der Waals surface area (Å²) in [6.07, 6.45) is 2.00. The van der Waals surface area contributed by atoms with Gasteiger partial charge >= 0.3 is 0 Å². The van der Waals surface area contributed by atoms with Gasteiger partial charge in [-0.25, -0.2) is 9.97 Å². The third kappa shape index (κ3) is 4.95. The van der Waals surface area contributed by atoms with Crippen LogP contribution in [-0.4, -0.2) is 29.5 Å². The second kappa shape index (κ2) is 9.00. The van der Waals surface area contributed by atoms with Crippen LogP contribution in [0.1, 0.15) is 16.1 Å². The Kier molecular flexibility index (Phi) is 6.22. The van der Waals surface area contributed by atoms with E-state index >= 15 is 0 Å². The van der Waals surface area contributed by atoms with Crippen molar-refractivity contribution in [3.8, 4) is 5.75 Å². The number of ether oxygens (including phenoxy) is 1. The lowest BCUT2D eigenvalue weighted by Crippen LogP contribution is -2.26. The van der Waals surface area contributed by atoms with E-state index in [4.69, 9.17) is 16.3 Å². The van der Waals surface area contributed by atoms with Crippen LogP contribution in [0.3, 0.4) is 0 Å². The second-order valence-electron chi connectivity index (χ2n) is 5.71. The van der Waals surface area contributed by atoms with E-state index < -0.39 is 0 Å². The fourth-order valence-electron chi connectivity index (χ4n) is 2.56. The molecule has 0 radical (unpaired) electrons. The Morgan fingerprint density at radius 3 is 2.70 bits per heavy atom. The fraction of sp³-hybridized carbons (Fsp3) is 0.150. The molecule has 0 bridgehead atoms. The summed E-state index contributed by atoms with van der Waals surface area (Å²) < 4.78 is 5.32. The molecular formula is C20H19ClN4O2. The Labute approximate surface area is 162 Å². The van der Waals surface area contributed by atoms with Gasteiger partial charge in [0.25, 0.3) is 5.91 Å². The number of halogens is 1. The number of anilines is 2. The number of hydrogen-bond donors (Lipinski definition) is 2. The molecule has 0 atom stereocenters. The van der Waals surface area contributed by atoms with Crippen molar-refractivity contribution in [2.24, 2.45) is 0 Å². The molecule has 0 aliphatic carbocycles. The Morgan fingerprint density at radius 1 is 1.11 bits per heavy atom. The number of rotatable bonds is 7. The first-order chi connectivity index (χ1) is 13.2. The molecule has 0 unspecified atom stereocenters. The van der Waals surface area contributed by atoms with Crippen molar-refractivity contribution in [1.82, 2.24) is 15.3 Å². The zero-order valence-electron chi connectivity index (χ0n) is 14.8. The molecule has 2 aromatic carbocycles. The van der Waals surface area contributed by atoms with E-state index in [2.05, 4.69) is 20.6 Å². The van der Waals surface area contributed by atoms with Gasteiger partial charge in [-0.1, -0.05) is 41.9 Å². The van der Waals surface area contributed by atoms with Gasteiger partial charge in [0.2, 0.25) is 0 Å². The highest BCUT2D eigenvalue weighted by Gasteiger charge is 2.10. The van der Waals surface area contributed by atoms with Gasteiger partial charge in [-0.05, 0) is 30.2 Å². The number of carbonyl (C=O) groups is 1. The minimum absolute atomic E-state index is 0.269. The number of methoxy groups -OCH3 is 1. The van der Waals surface area contributed by atoms with Gasteiger partial charge in [-0.2, -0.15) is 0 Å². The average Bonchev–Trinajstić information content (AvgIpc) is 2.70. The van der Waals surface area contributed by atoms with E-state index in [-0.39, 0.29) is 11.6 Å². The first-order valence-corrected chi connectivity index (χ1v) is 8.79. The van der Waals surface area contributed by atoms with Gasteiger partial charge in [0.05, 0.1) is 17.8 Å². The third-order valence-electron chi connectivity index (χ3n) is 3.91. The topological polar surface area (TPSA) is 76.1 Å². The van der Waals surface area contributed by atoms with E-state index in [9.17, 15) is 4.79 Å². The van der Waals surface area contributed by atoms with Gasteiger partial charge in [-0.3, -0.25) is 4.79 Å². The van der Waals surface area contributed by atoms with Crippen molar-refractivity contribution in [2.75, 3.05) is 19.0 Å². The number of benzene rings is 2. The SMILES string of the molecule is COc1ccccc1CCNC(=O)c1cc(Nc2ccccc2Cl)ncn1. The normalized spacial score (nSPS) is 10.3. The Balaban J connectivity index is 1.61. The van der Waals surface area contributed by atoms with Crippen LogP contribution in [0, 0.1) is 0 Å². The molecule has 0 spiro atoms. The van der Waals surface area contributed by atoms with Gasteiger partial charge in [0.15, 0.2) is 0 Å². The monoisotopic (exact) mass is 382 g/mol. The summed E-state index contributed by atoms with van der Waals surface area (Å²) in [5, 5.41) is 6.52. The summed E-state index contributed by atoms with van der Waals surface area (Å²) in [7, 11) is 1.63. The lowest BCUT2D eigenvalue weighted by Gasteiger charge is -2.10. The number of amides is 1. The summed E-state index contributed by atoms with van der Waals surface area (Å²) in [6.45, 7) is 0.469. The maximum Gasteiger partial charge on any atom is 0.270 e. The predicted octanol–water partition coefficient (Wildman–Crippen LogP) is 3.85. The van der Waals surface area contributed by atoms with Crippen molar-refractivity contribution in [1.29, 1.82) is 0 Å². The van der Waals surface area contributed by atoms with Crippen LogP contribution in [0.2, 0.25) is 5.02 Å². The smallest absolute Gasteiger partial charge is 0.270 e. The zero-order chi connectivity index (χ0) is 19.1. The summed E-state index contributed by atoms with van der Waals surface area (Å²) in [5.74, 6) is 1.03. The molecule has 27 heavy (non-hydrogen) atoms. The number of para-hydroxylation sites is 2. The number of hydrogen-bond acceptors (Lipinski definition) is 5. The van der Waals surface area contributed by atoms with Crippen LogP contribution in [0.5, 0.6) is 5.75 Å². The molecule has 7 heteroatoms.